The van der Waals surface area contributed by atoms with Crippen LogP contribution in [0.2, 0.25) is 0 Å². The monoisotopic (exact) mass is 365 g/mol. The van der Waals surface area contributed by atoms with Gasteiger partial charge in [-0.05, 0) is 44.0 Å². The molecule has 0 saturated carbocycles. The molecule has 3 aromatic rings. The largest absolute Gasteiger partial charge is 0.493 e. The first kappa shape index (κ1) is 18.7. The van der Waals surface area contributed by atoms with Crippen molar-refractivity contribution in [2.45, 2.75) is 32.8 Å². The van der Waals surface area contributed by atoms with Gasteiger partial charge in [-0.15, -0.1) is 0 Å². The summed E-state index contributed by atoms with van der Waals surface area (Å²) < 4.78 is 11.8. The highest BCUT2D eigenvalue weighted by Crippen LogP contribution is 2.30. The van der Waals surface area contributed by atoms with Crippen molar-refractivity contribution < 1.29 is 19.4 Å². The van der Waals surface area contributed by atoms with Gasteiger partial charge < -0.3 is 14.6 Å². The van der Waals surface area contributed by atoms with Crippen LogP contribution in [0, 0.1) is 0 Å². The van der Waals surface area contributed by atoms with Gasteiger partial charge in [0.25, 0.3) is 0 Å². The van der Waals surface area contributed by atoms with Gasteiger partial charge in [0.15, 0.2) is 0 Å². The number of carbonyl (C=O) groups is 1. The zero-order valence-electron chi connectivity index (χ0n) is 15.5. The summed E-state index contributed by atoms with van der Waals surface area (Å²) in [5, 5.41) is 9.97. The van der Waals surface area contributed by atoms with E-state index in [0.29, 0.717) is 24.5 Å². The molecule has 5 heteroatoms. The van der Waals surface area contributed by atoms with Crippen molar-refractivity contribution in [2.75, 3.05) is 6.61 Å². The molecule has 0 fully saturated rings. The lowest BCUT2D eigenvalue weighted by Gasteiger charge is -2.17. The molecule has 3 rings (SSSR count). The van der Waals surface area contributed by atoms with Gasteiger partial charge in [-0.25, -0.2) is 0 Å². The van der Waals surface area contributed by atoms with Crippen LogP contribution < -0.4 is 9.47 Å². The molecule has 0 amide bonds. The third-order valence-electron chi connectivity index (χ3n) is 4.34. The molecule has 0 radical (unpaired) electrons. The van der Waals surface area contributed by atoms with Gasteiger partial charge in [-0.1, -0.05) is 24.3 Å². The van der Waals surface area contributed by atoms with E-state index < -0.39 is 5.97 Å². The molecule has 5 nitrogen and oxygen atoms in total. The number of carboxylic acids is 1. The lowest BCUT2D eigenvalue weighted by atomic mass is 10.1. The van der Waals surface area contributed by atoms with E-state index in [4.69, 9.17) is 14.6 Å². The molecule has 0 aliphatic carbocycles. The molecular formula is C22H23NO4. The Labute approximate surface area is 158 Å². The van der Waals surface area contributed by atoms with E-state index in [1.807, 2.05) is 62.5 Å². The number of nitrogens with zero attached hydrogens (tertiary/aromatic N) is 1. The fourth-order valence-corrected chi connectivity index (χ4v) is 2.93. The summed E-state index contributed by atoms with van der Waals surface area (Å²) in [6.45, 7) is 4.38. The van der Waals surface area contributed by atoms with E-state index in [0.717, 1.165) is 22.0 Å². The summed E-state index contributed by atoms with van der Waals surface area (Å²) in [6, 6.07) is 15.6. The minimum atomic E-state index is -0.824. The highest BCUT2D eigenvalue weighted by molar-refractivity contribution is 5.78. The van der Waals surface area contributed by atoms with Crippen LogP contribution in [0.15, 0.2) is 54.7 Å². The molecular weight excluding hydrogens is 342 g/mol. The number of benzene rings is 2. The van der Waals surface area contributed by atoms with Gasteiger partial charge in [0.2, 0.25) is 0 Å². The predicted octanol–water partition coefficient (Wildman–Crippen LogP) is 4.79. The van der Waals surface area contributed by atoms with Gasteiger partial charge in [-0.2, -0.15) is 0 Å². The normalized spacial score (nSPS) is 11.9. The topological polar surface area (TPSA) is 68.7 Å². The maximum Gasteiger partial charge on any atom is 0.303 e. The molecule has 1 N–H and O–H groups in total. The Morgan fingerprint density at radius 2 is 2.00 bits per heavy atom. The Morgan fingerprint density at radius 1 is 1.19 bits per heavy atom. The number of aryl methyl sites for hydroxylation is 1. The highest BCUT2D eigenvalue weighted by Gasteiger charge is 2.12. The number of hydrogen-bond acceptors (Lipinski definition) is 4. The molecule has 1 aromatic heterocycles. The zero-order chi connectivity index (χ0) is 19.2. The van der Waals surface area contributed by atoms with Gasteiger partial charge in [-0.3, -0.25) is 9.78 Å². The lowest BCUT2D eigenvalue weighted by molar-refractivity contribution is -0.136. The van der Waals surface area contributed by atoms with Crippen molar-refractivity contribution in [1.82, 2.24) is 4.98 Å². The zero-order valence-corrected chi connectivity index (χ0v) is 15.5. The second-order valence-electron chi connectivity index (χ2n) is 6.32. The molecule has 0 spiro atoms. The van der Waals surface area contributed by atoms with Crippen molar-refractivity contribution in [3.05, 3.63) is 65.9 Å². The Balaban J connectivity index is 1.78. The van der Waals surface area contributed by atoms with Crippen LogP contribution in [0.4, 0.5) is 0 Å². The average Bonchev–Trinajstić information content (AvgIpc) is 2.67. The first-order valence-corrected chi connectivity index (χ1v) is 9.05. The van der Waals surface area contributed by atoms with E-state index in [2.05, 4.69) is 11.1 Å². The second kappa shape index (κ2) is 8.54. The molecule has 0 saturated heterocycles. The third-order valence-corrected chi connectivity index (χ3v) is 4.34. The number of aliphatic carboxylic acids is 1. The van der Waals surface area contributed by atoms with Crippen LogP contribution in [-0.2, 0) is 11.2 Å². The van der Waals surface area contributed by atoms with E-state index in [1.54, 1.807) is 0 Å². The second-order valence-corrected chi connectivity index (χ2v) is 6.32. The highest BCUT2D eigenvalue weighted by atomic mass is 16.5. The first-order valence-electron chi connectivity index (χ1n) is 9.05. The minimum Gasteiger partial charge on any atom is -0.493 e. The first-order chi connectivity index (χ1) is 13.1. The van der Waals surface area contributed by atoms with E-state index >= 15 is 0 Å². The van der Waals surface area contributed by atoms with E-state index in [1.165, 1.54) is 0 Å². The van der Waals surface area contributed by atoms with Gasteiger partial charge in [0.1, 0.15) is 17.6 Å². The van der Waals surface area contributed by atoms with Crippen LogP contribution in [0.3, 0.4) is 0 Å². The molecule has 2 aromatic carbocycles. The lowest BCUT2D eigenvalue weighted by Crippen LogP contribution is -2.05. The van der Waals surface area contributed by atoms with Crippen molar-refractivity contribution in [3.8, 4) is 11.5 Å². The van der Waals surface area contributed by atoms with Crippen LogP contribution in [0.5, 0.6) is 11.5 Å². The summed E-state index contributed by atoms with van der Waals surface area (Å²) >= 11 is 0. The number of hydrogen-bond donors (Lipinski definition) is 1. The molecule has 0 aliphatic heterocycles. The van der Waals surface area contributed by atoms with Crippen LogP contribution >= 0.6 is 0 Å². The quantitative estimate of drug-likeness (QED) is 0.621. The van der Waals surface area contributed by atoms with Crippen molar-refractivity contribution in [3.63, 3.8) is 0 Å². The Kier molecular flexibility index (Phi) is 5.91. The fourth-order valence-electron chi connectivity index (χ4n) is 2.93. The molecule has 1 atom stereocenters. The van der Waals surface area contributed by atoms with Gasteiger partial charge >= 0.3 is 5.97 Å². The summed E-state index contributed by atoms with van der Waals surface area (Å²) in [5.41, 5.74) is 2.81. The molecule has 1 heterocycles. The summed E-state index contributed by atoms with van der Waals surface area (Å²) in [4.78, 5) is 15.3. The standard InChI is InChI=1S/C22H23NO4/c1-3-26-21-13-19(10-8-16(21)9-11-22(24)25)27-15(2)18-12-17-6-4-5-7-20(17)23-14-18/h4-8,10,12-15H,3,9,11H2,1-2H3,(H,24,25). The van der Waals surface area contributed by atoms with Crippen LogP contribution in [0.25, 0.3) is 10.9 Å². The molecule has 0 bridgehead atoms. The van der Waals surface area contributed by atoms with Gasteiger partial charge in [0, 0.05) is 29.6 Å². The molecule has 140 valence electrons. The number of para-hydroxylation sites is 1. The summed E-state index contributed by atoms with van der Waals surface area (Å²) in [5.74, 6) is 0.522. The van der Waals surface area contributed by atoms with Gasteiger partial charge in [0.05, 0.1) is 12.1 Å². The van der Waals surface area contributed by atoms with Crippen LogP contribution in [-0.4, -0.2) is 22.7 Å². The SMILES string of the molecule is CCOc1cc(OC(C)c2cnc3ccccc3c2)ccc1CCC(=O)O. The maximum atomic E-state index is 10.8. The molecule has 1 unspecified atom stereocenters. The number of carboxylic acid groups (broad SMARTS) is 1. The number of pyridine rings is 1. The summed E-state index contributed by atoms with van der Waals surface area (Å²) in [7, 11) is 0. The Bertz CT molecular complexity index is 938. The number of fused-ring (bicyclic) bond motifs is 1. The minimum absolute atomic E-state index is 0.0689. The Hall–Kier alpha value is -3.08. The van der Waals surface area contributed by atoms with Crippen molar-refractivity contribution in [2.24, 2.45) is 0 Å². The Morgan fingerprint density at radius 3 is 2.78 bits per heavy atom. The fraction of sp³-hybridized carbons (Fsp3) is 0.273. The summed E-state index contributed by atoms with van der Waals surface area (Å²) in [6.07, 6.45) is 2.15. The number of ether oxygens (including phenoxy) is 2. The average molecular weight is 365 g/mol. The van der Waals surface area contributed by atoms with Crippen molar-refractivity contribution in [1.29, 1.82) is 0 Å². The number of rotatable bonds is 8. The predicted molar refractivity (Wildman–Crippen MR) is 104 cm³/mol. The maximum absolute atomic E-state index is 10.8. The molecule has 0 aliphatic rings. The number of aromatic nitrogens is 1. The van der Waals surface area contributed by atoms with Crippen molar-refractivity contribution >= 4 is 16.9 Å². The van der Waals surface area contributed by atoms with E-state index in [9.17, 15) is 4.79 Å². The molecule has 27 heavy (non-hydrogen) atoms. The smallest absolute Gasteiger partial charge is 0.303 e. The van der Waals surface area contributed by atoms with E-state index in [-0.39, 0.29) is 12.5 Å². The van der Waals surface area contributed by atoms with Crippen LogP contribution in [0.1, 0.15) is 37.5 Å². The third kappa shape index (κ3) is 4.76.